The lowest BCUT2D eigenvalue weighted by Crippen LogP contribution is -2.16. The molecule has 8 heteroatoms. The van der Waals surface area contributed by atoms with E-state index in [2.05, 4.69) is 5.16 Å². The van der Waals surface area contributed by atoms with Crippen molar-refractivity contribution in [1.82, 2.24) is 9.72 Å². The third-order valence-electron chi connectivity index (χ3n) is 4.77. The zero-order valence-corrected chi connectivity index (χ0v) is 17.6. The van der Waals surface area contributed by atoms with Gasteiger partial charge in [-0.15, -0.1) is 0 Å². The molecule has 0 aliphatic carbocycles. The molecule has 8 nitrogen and oxygen atoms in total. The number of carbonyl (C=O) groups is 2. The molecular formula is C22H24N2O6. The lowest BCUT2D eigenvalue weighted by atomic mass is 10.1. The van der Waals surface area contributed by atoms with Crippen molar-refractivity contribution in [3.8, 4) is 17.3 Å². The Kier molecular flexibility index (Phi) is 6.25. The van der Waals surface area contributed by atoms with Gasteiger partial charge in [-0.2, -0.15) is 0 Å². The van der Waals surface area contributed by atoms with Crippen LogP contribution in [0.15, 0.2) is 34.9 Å². The fraction of sp³-hybridized carbons (Fsp3) is 0.318. The van der Waals surface area contributed by atoms with Crippen molar-refractivity contribution in [2.45, 2.75) is 27.2 Å². The van der Waals surface area contributed by atoms with Gasteiger partial charge in [0.1, 0.15) is 17.3 Å². The van der Waals surface area contributed by atoms with Crippen molar-refractivity contribution in [3.63, 3.8) is 0 Å². The molecule has 0 spiro atoms. The molecular weight excluding hydrogens is 388 g/mol. The standard InChI is InChI=1S/C22H24N2O6/c1-13-8-18(15(3)24(13)21-9-14(2)30-23-21)19(25)12-29-22(26)10-16-6-7-17(27-4)11-20(16)28-5/h6-9,11H,10,12H2,1-5H3. The number of Topliss-reactive ketones (excluding diaryl/α,β-unsaturated/α-hetero) is 1. The SMILES string of the molecule is COc1ccc(CC(=O)OCC(=O)c2cc(C)n(-c3cc(C)on3)c2C)c(OC)c1. The minimum atomic E-state index is -0.521. The number of hydrogen-bond donors (Lipinski definition) is 0. The molecule has 0 atom stereocenters. The van der Waals surface area contributed by atoms with Crippen LogP contribution in [0.4, 0.5) is 0 Å². The number of benzene rings is 1. The van der Waals surface area contributed by atoms with Crippen molar-refractivity contribution >= 4 is 11.8 Å². The Bertz CT molecular complexity index is 1080. The van der Waals surface area contributed by atoms with Crippen molar-refractivity contribution in [2.24, 2.45) is 0 Å². The number of ether oxygens (including phenoxy) is 3. The van der Waals surface area contributed by atoms with E-state index in [9.17, 15) is 9.59 Å². The van der Waals surface area contributed by atoms with Crippen molar-refractivity contribution in [1.29, 1.82) is 0 Å². The van der Waals surface area contributed by atoms with Gasteiger partial charge in [0.05, 0.1) is 20.6 Å². The largest absolute Gasteiger partial charge is 0.497 e. The lowest BCUT2D eigenvalue weighted by molar-refractivity contribution is -0.141. The lowest BCUT2D eigenvalue weighted by Gasteiger charge is -2.10. The van der Waals surface area contributed by atoms with Crippen LogP contribution in [0.25, 0.3) is 5.82 Å². The highest BCUT2D eigenvalue weighted by atomic mass is 16.5. The third-order valence-corrected chi connectivity index (χ3v) is 4.77. The maximum Gasteiger partial charge on any atom is 0.310 e. The van der Waals surface area contributed by atoms with Gasteiger partial charge in [0.25, 0.3) is 0 Å². The summed E-state index contributed by atoms with van der Waals surface area (Å²) in [6.07, 6.45) is -0.0162. The van der Waals surface area contributed by atoms with E-state index in [1.807, 2.05) is 18.4 Å². The minimum absolute atomic E-state index is 0.0162. The Morgan fingerprint density at radius 3 is 2.47 bits per heavy atom. The Morgan fingerprint density at radius 2 is 1.83 bits per heavy atom. The molecule has 2 aromatic heterocycles. The molecule has 0 radical (unpaired) electrons. The van der Waals surface area contributed by atoms with Gasteiger partial charge in [0.2, 0.25) is 5.78 Å². The summed E-state index contributed by atoms with van der Waals surface area (Å²) in [6, 6.07) is 8.69. The number of methoxy groups -OCH3 is 2. The third kappa shape index (κ3) is 4.37. The average molecular weight is 412 g/mol. The Labute approximate surface area is 174 Å². The number of aryl methyl sites for hydroxylation is 2. The molecule has 30 heavy (non-hydrogen) atoms. The topological polar surface area (TPSA) is 92.8 Å². The summed E-state index contributed by atoms with van der Waals surface area (Å²) in [6.45, 7) is 5.14. The summed E-state index contributed by atoms with van der Waals surface area (Å²) in [7, 11) is 3.06. The average Bonchev–Trinajstić information content (AvgIpc) is 3.28. The molecule has 3 rings (SSSR count). The van der Waals surface area contributed by atoms with E-state index in [0.717, 1.165) is 5.69 Å². The fourth-order valence-corrected chi connectivity index (χ4v) is 3.28. The fourth-order valence-electron chi connectivity index (χ4n) is 3.28. The van der Waals surface area contributed by atoms with E-state index in [1.54, 1.807) is 44.4 Å². The number of hydrogen-bond acceptors (Lipinski definition) is 7. The zero-order valence-electron chi connectivity index (χ0n) is 17.6. The van der Waals surface area contributed by atoms with Crippen LogP contribution in [-0.4, -0.2) is 42.3 Å². The second-order valence-electron chi connectivity index (χ2n) is 6.85. The minimum Gasteiger partial charge on any atom is -0.497 e. The Morgan fingerprint density at radius 1 is 1.07 bits per heavy atom. The number of esters is 1. The molecule has 0 bridgehead atoms. The number of aromatic nitrogens is 2. The summed E-state index contributed by atoms with van der Waals surface area (Å²) < 4.78 is 22.6. The van der Waals surface area contributed by atoms with E-state index >= 15 is 0 Å². The van der Waals surface area contributed by atoms with Gasteiger partial charge in [-0.3, -0.25) is 14.2 Å². The van der Waals surface area contributed by atoms with Gasteiger partial charge in [-0.05, 0) is 32.9 Å². The second-order valence-corrected chi connectivity index (χ2v) is 6.85. The van der Waals surface area contributed by atoms with E-state index < -0.39 is 5.97 Å². The Balaban J connectivity index is 1.67. The first-order valence-corrected chi connectivity index (χ1v) is 9.36. The van der Waals surface area contributed by atoms with Gasteiger partial charge in [-0.25, -0.2) is 0 Å². The predicted octanol–water partition coefficient (Wildman–Crippen LogP) is 3.38. The summed E-state index contributed by atoms with van der Waals surface area (Å²) in [4.78, 5) is 24.9. The molecule has 0 saturated carbocycles. The first-order valence-electron chi connectivity index (χ1n) is 9.36. The van der Waals surface area contributed by atoms with Crippen LogP contribution in [0.5, 0.6) is 11.5 Å². The number of rotatable bonds is 8. The summed E-state index contributed by atoms with van der Waals surface area (Å²) >= 11 is 0. The summed E-state index contributed by atoms with van der Waals surface area (Å²) in [5, 5.41) is 4.00. The first kappa shape index (κ1) is 21.2. The molecule has 3 aromatic rings. The number of nitrogens with zero attached hydrogens (tertiary/aromatic N) is 2. The van der Waals surface area contributed by atoms with E-state index in [1.165, 1.54) is 7.11 Å². The molecule has 0 amide bonds. The van der Waals surface area contributed by atoms with Gasteiger partial charge in [0.15, 0.2) is 12.4 Å². The van der Waals surface area contributed by atoms with Crippen LogP contribution in [0.3, 0.4) is 0 Å². The van der Waals surface area contributed by atoms with Gasteiger partial charge >= 0.3 is 5.97 Å². The van der Waals surface area contributed by atoms with Crippen LogP contribution in [0.2, 0.25) is 0 Å². The molecule has 158 valence electrons. The molecule has 0 unspecified atom stereocenters. The molecule has 2 heterocycles. The quantitative estimate of drug-likeness (QED) is 0.414. The van der Waals surface area contributed by atoms with E-state index in [-0.39, 0.29) is 18.8 Å². The van der Waals surface area contributed by atoms with Crippen molar-refractivity contribution in [3.05, 3.63) is 58.6 Å². The molecule has 1 aromatic carbocycles. The van der Waals surface area contributed by atoms with Crippen molar-refractivity contribution < 1.29 is 28.3 Å². The molecule has 0 aliphatic heterocycles. The van der Waals surface area contributed by atoms with Crippen LogP contribution >= 0.6 is 0 Å². The first-order chi connectivity index (χ1) is 14.3. The smallest absolute Gasteiger partial charge is 0.310 e. The number of carbonyl (C=O) groups excluding carboxylic acids is 2. The van der Waals surface area contributed by atoms with Gasteiger partial charge < -0.3 is 18.7 Å². The molecule has 0 fully saturated rings. The monoisotopic (exact) mass is 412 g/mol. The Hall–Kier alpha value is -3.55. The normalized spacial score (nSPS) is 10.7. The van der Waals surface area contributed by atoms with Crippen LogP contribution in [-0.2, 0) is 16.0 Å². The zero-order chi connectivity index (χ0) is 21.8. The predicted molar refractivity (Wildman–Crippen MR) is 109 cm³/mol. The molecule has 0 N–H and O–H groups in total. The molecule has 0 aliphatic rings. The second kappa shape index (κ2) is 8.86. The summed E-state index contributed by atoms with van der Waals surface area (Å²) in [5.74, 6) is 1.61. The van der Waals surface area contributed by atoms with E-state index in [4.69, 9.17) is 18.7 Å². The van der Waals surface area contributed by atoms with E-state index in [0.29, 0.717) is 39.9 Å². The van der Waals surface area contributed by atoms with Gasteiger partial charge in [0, 0.05) is 34.6 Å². The van der Waals surface area contributed by atoms with Crippen LogP contribution in [0, 0.1) is 20.8 Å². The maximum absolute atomic E-state index is 12.7. The number of ketones is 1. The van der Waals surface area contributed by atoms with Gasteiger partial charge in [-0.1, -0.05) is 11.2 Å². The highest BCUT2D eigenvalue weighted by Gasteiger charge is 2.20. The van der Waals surface area contributed by atoms with Crippen molar-refractivity contribution in [2.75, 3.05) is 20.8 Å². The highest BCUT2D eigenvalue weighted by Crippen LogP contribution is 2.25. The summed E-state index contributed by atoms with van der Waals surface area (Å²) in [5.41, 5.74) is 2.66. The highest BCUT2D eigenvalue weighted by molar-refractivity contribution is 5.99. The van der Waals surface area contributed by atoms with Crippen LogP contribution in [0.1, 0.15) is 33.1 Å². The maximum atomic E-state index is 12.7. The molecule has 0 saturated heterocycles. The van der Waals surface area contributed by atoms with Crippen LogP contribution < -0.4 is 9.47 Å².